The molecule has 1 aliphatic rings. The third kappa shape index (κ3) is 1.95. The Labute approximate surface area is 122 Å². The van der Waals surface area contributed by atoms with Gasteiger partial charge in [-0.25, -0.2) is 0 Å². The molecule has 3 rings (SSSR count). The van der Waals surface area contributed by atoms with Crippen molar-refractivity contribution in [3.8, 4) is 0 Å². The van der Waals surface area contributed by atoms with E-state index in [9.17, 15) is 0 Å². The summed E-state index contributed by atoms with van der Waals surface area (Å²) in [4.78, 5) is 3.82. The average molecular weight is 287 g/mol. The van der Waals surface area contributed by atoms with Crippen LogP contribution in [0.15, 0.2) is 18.2 Å². The van der Waals surface area contributed by atoms with Gasteiger partial charge in [0.1, 0.15) is 8.07 Å². The molecular weight excluding hydrogens is 262 g/mol. The zero-order chi connectivity index (χ0) is 14.2. The van der Waals surface area contributed by atoms with Gasteiger partial charge in [-0.05, 0) is 23.6 Å². The van der Waals surface area contributed by atoms with Gasteiger partial charge in [0.05, 0.1) is 13.2 Å². The van der Waals surface area contributed by atoms with Crippen molar-refractivity contribution in [3.05, 3.63) is 29.3 Å². The monoisotopic (exact) mass is 287 g/mol. The van der Waals surface area contributed by atoms with Crippen molar-refractivity contribution in [3.63, 3.8) is 0 Å². The Morgan fingerprint density at radius 2 is 1.90 bits per heavy atom. The number of rotatable bonds is 4. The van der Waals surface area contributed by atoms with E-state index in [1.54, 1.807) is 10.9 Å². The Balaban J connectivity index is 2.28. The molecule has 0 spiro atoms. The van der Waals surface area contributed by atoms with Crippen molar-refractivity contribution in [2.24, 2.45) is 0 Å². The molecule has 0 atom stereocenters. The van der Waals surface area contributed by atoms with E-state index in [4.69, 9.17) is 4.74 Å². The second-order valence-corrected chi connectivity index (χ2v) is 11.1. The van der Waals surface area contributed by atoms with E-state index in [1.165, 1.54) is 34.6 Å². The van der Waals surface area contributed by atoms with Crippen LogP contribution in [-0.2, 0) is 17.8 Å². The molecule has 1 aromatic heterocycles. The number of benzene rings is 1. The third-order valence-corrected chi connectivity index (χ3v) is 10.9. The number of H-pyrrole nitrogens is 1. The summed E-state index contributed by atoms with van der Waals surface area (Å²) in [5.74, 6) is 0. The fourth-order valence-corrected chi connectivity index (χ4v) is 7.71. The quantitative estimate of drug-likeness (QED) is 0.846. The lowest BCUT2D eigenvalue weighted by Crippen LogP contribution is -2.48. The van der Waals surface area contributed by atoms with Gasteiger partial charge in [-0.15, -0.1) is 0 Å². The van der Waals surface area contributed by atoms with Gasteiger partial charge in [-0.3, -0.25) is 0 Å². The lowest BCUT2D eigenvalue weighted by Gasteiger charge is -2.28. The number of nitrogens with one attached hydrogen (secondary N) is 1. The summed E-state index contributed by atoms with van der Waals surface area (Å²) in [5, 5.41) is 3.07. The maximum absolute atomic E-state index is 5.80. The first kappa shape index (κ1) is 13.9. The smallest absolute Gasteiger partial charge is 0.107 e. The highest BCUT2D eigenvalue weighted by Crippen LogP contribution is 2.30. The summed E-state index contributed by atoms with van der Waals surface area (Å²) in [7, 11) is -1.36. The zero-order valence-corrected chi connectivity index (χ0v) is 13.9. The minimum absolute atomic E-state index is 0.764. The molecule has 20 heavy (non-hydrogen) atoms. The van der Waals surface area contributed by atoms with E-state index in [1.807, 2.05) is 0 Å². The Hall–Kier alpha value is -1.06. The summed E-state index contributed by atoms with van der Waals surface area (Å²) in [5.41, 5.74) is 4.26. The van der Waals surface area contributed by atoms with Gasteiger partial charge in [0.15, 0.2) is 0 Å². The van der Waals surface area contributed by atoms with Crippen molar-refractivity contribution in [1.29, 1.82) is 0 Å². The van der Waals surface area contributed by atoms with E-state index >= 15 is 0 Å². The van der Waals surface area contributed by atoms with Crippen molar-refractivity contribution < 1.29 is 4.74 Å². The summed E-state index contributed by atoms with van der Waals surface area (Å²) in [6, 6.07) is 10.6. The van der Waals surface area contributed by atoms with Gasteiger partial charge >= 0.3 is 0 Å². The first-order valence-electron chi connectivity index (χ1n) is 7.96. The van der Waals surface area contributed by atoms with Crippen molar-refractivity contribution in [2.45, 2.75) is 51.9 Å². The molecule has 0 saturated carbocycles. The normalized spacial score (nSPS) is 15.6. The predicted molar refractivity (Wildman–Crippen MR) is 88.5 cm³/mol. The van der Waals surface area contributed by atoms with Crippen LogP contribution < -0.4 is 5.32 Å². The second-order valence-electron chi connectivity index (χ2n) is 5.96. The maximum atomic E-state index is 5.80. The summed E-state index contributed by atoms with van der Waals surface area (Å²) >= 11 is 0. The average Bonchev–Trinajstić information content (AvgIpc) is 2.72. The van der Waals surface area contributed by atoms with Gasteiger partial charge < -0.3 is 9.72 Å². The molecular formula is C17H25NOSi. The summed E-state index contributed by atoms with van der Waals surface area (Å²) < 4.78 is 5.80. The highest BCUT2D eigenvalue weighted by molar-refractivity contribution is 6.91. The number of hydrogen-bond donors (Lipinski definition) is 1. The van der Waals surface area contributed by atoms with Crippen LogP contribution in [0.5, 0.6) is 0 Å². The Morgan fingerprint density at radius 3 is 2.60 bits per heavy atom. The van der Waals surface area contributed by atoms with Crippen LogP contribution in [0, 0.1) is 0 Å². The molecule has 0 radical (unpaired) electrons. The summed E-state index contributed by atoms with van der Waals surface area (Å²) in [6.45, 7) is 8.76. The number of ether oxygens (including phenoxy) is 1. The molecule has 2 nitrogen and oxygen atoms in total. The van der Waals surface area contributed by atoms with Crippen molar-refractivity contribution in [1.82, 2.24) is 4.98 Å². The number of aromatic nitrogens is 1. The van der Waals surface area contributed by atoms with Crippen LogP contribution in [0.1, 0.15) is 31.9 Å². The molecule has 1 aliphatic heterocycles. The molecule has 0 unspecified atom stereocenters. The van der Waals surface area contributed by atoms with Gasteiger partial charge in [-0.1, -0.05) is 51.0 Å². The van der Waals surface area contributed by atoms with E-state index in [0.717, 1.165) is 19.6 Å². The maximum Gasteiger partial charge on any atom is 0.107 e. The minimum Gasteiger partial charge on any atom is -0.376 e. The topological polar surface area (TPSA) is 25.0 Å². The van der Waals surface area contributed by atoms with E-state index in [0.29, 0.717) is 0 Å². The molecule has 3 heteroatoms. The van der Waals surface area contributed by atoms with Gasteiger partial charge in [0, 0.05) is 16.2 Å². The van der Waals surface area contributed by atoms with Crippen LogP contribution >= 0.6 is 0 Å². The van der Waals surface area contributed by atoms with Gasteiger partial charge in [-0.2, -0.15) is 0 Å². The highest BCUT2D eigenvalue weighted by atomic mass is 28.3. The van der Waals surface area contributed by atoms with Gasteiger partial charge in [0.2, 0.25) is 0 Å². The lowest BCUT2D eigenvalue weighted by atomic mass is 10.1. The highest BCUT2D eigenvalue weighted by Gasteiger charge is 2.34. The standard InChI is InChI=1S/C17H25NOSi/c1-4-20(5-2,6-3)17-14-10-11-19-12-13-8-7-9-15(18-17)16(13)14/h7-9,18H,4-6,10-12H2,1-3H3. The minimum atomic E-state index is -1.36. The fraction of sp³-hybridized carbons (Fsp3) is 0.529. The molecule has 2 aromatic rings. The third-order valence-electron chi connectivity index (χ3n) is 5.33. The fourth-order valence-electron chi connectivity index (χ4n) is 3.86. The number of hydrogen-bond acceptors (Lipinski definition) is 1. The second kappa shape index (κ2) is 5.38. The van der Waals surface area contributed by atoms with Crippen molar-refractivity contribution >= 4 is 24.3 Å². The van der Waals surface area contributed by atoms with E-state index in [-0.39, 0.29) is 0 Å². The molecule has 1 N–H and O–H groups in total. The molecule has 2 heterocycles. The van der Waals surface area contributed by atoms with Crippen LogP contribution in [-0.4, -0.2) is 19.7 Å². The predicted octanol–water partition coefficient (Wildman–Crippen LogP) is 3.96. The van der Waals surface area contributed by atoms with E-state index in [2.05, 4.69) is 44.0 Å². The molecule has 0 aliphatic carbocycles. The lowest BCUT2D eigenvalue weighted by molar-refractivity contribution is 0.127. The number of aromatic amines is 1. The largest absolute Gasteiger partial charge is 0.376 e. The van der Waals surface area contributed by atoms with Crippen LogP contribution in [0.2, 0.25) is 18.1 Å². The Kier molecular flexibility index (Phi) is 3.74. The summed E-state index contributed by atoms with van der Waals surface area (Å²) in [6.07, 6.45) is 1.07. The SMILES string of the molecule is CC[Si](CC)(CC)c1[nH]c2cccc3c2c1CCOC3. The first-order chi connectivity index (χ1) is 9.75. The van der Waals surface area contributed by atoms with Crippen LogP contribution in [0.25, 0.3) is 10.9 Å². The first-order valence-corrected chi connectivity index (χ1v) is 10.6. The Morgan fingerprint density at radius 1 is 1.15 bits per heavy atom. The van der Waals surface area contributed by atoms with Gasteiger partial charge in [0.25, 0.3) is 0 Å². The van der Waals surface area contributed by atoms with Crippen molar-refractivity contribution in [2.75, 3.05) is 6.61 Å². The van der Waals surface area contributed by atoms with Crippen LogP contribution in [0.3, 0.4) is 0 Å². The Bertz CT molecular complexity index is 604. The molecule has 0 amide bonds. The zero-order valence-electron chi connectivity index (χ0n) is 12.9. The molecule has 0 bridgehead atoms. The van der Waals surface area contributed by atoms with E-state index < -0.39 is 8.07 Å². The van der Waals surface area contributed by atoms with Crippen LogP contribution in [0.4, 0.5) is 0 Å². The molecule has 0 fully saturated rings. The molecule has 0 saturated heterocycles. The molecule has 108 valence electrons. The molecule has 1 aromatic carbocycles.